The van der Waals surface area contributed by atoms with Crippen molar-refractivity contribution in [1.82, 2.24) is 14.3 Å². The first-order chi connectivity index (χ1) is 21.2. The van der Waals surface area contributed by atoms with Crippen molar-refractivity contribution < 1.29 is 32.5 Å². The topological polar surface area (TPSA) is 78.5 Å². The molecule has 0 amide bonds. The lowest BCUT2D eigenvalue weighted by Crippen LogP contribution is -2.12. The number of aromatic carboxylic acids is 1. The number of carboxylic acid groups (broad SMARTS) is 1. The van der Waals surface area contributed by atoms with Crippen molar-refractivity contribution in [3.8, 4) is 16.9 Å². The molecule has 2 aromatic heterocycles. The molecule has 0 atom stereocenters. The Morgan fingerprint density at radius 2 is 1.91 bits per heavy atom. The van der Waals surface area contributed by atoms with Gasteiger partial charge in [0.05, 0.1) is 35.7 Å². The van der Waals surface area contributed by atoms with Crippen molar-refractivity contribution in [2.24, 2.45) is 7.05 Å². The highest BCUT2D eigenvalue weighted by Crippen LogP contribution is 2.39. The summed E-state index contributed by atoms with van der Waals surface area (Å²) in [4.78, 5) is 12.8. The van der Waals surface area contributed by atoms with Crippen LogP contribution in [0.3, 0.4) is 0 Å². The number of hydrogen-bond acceptors (Lipinski definition) is 4. The molecule has 0 radical (unpaired) electrons. The highest BCUT2D eigenvalue weighted by molar-refractivity contribution is 6.04. The Morgan fingerprint density at radius 1 is 1.09 bits per heavy atom. The van der Waals surface area contributed by atoms with E-state index in [1.54, 1.807) is 18.2 Å². The van der Waals surface area contributed by atoms with Crippen LogP contribution >= 0.6 is 0 Å². The number of halogens is 3. The Hall–Kier alpha value is -4.31. The smallest absolute Gasteiger partial charge is 0.416 e. The van der Waals surface area contributed by atoms with Gasteiger partial charge >= 0.3 is 12.1 Å². The van der Waals surface area contributed by atoms with Crippen LogP contribution in [-0.4, -0.2) is 38.6 Å². The molecule has 0 bridgehead atoms. The molecule has 6 rings (SSSR count). The van der Waals surface area contributed by atoms with Gasteiger partial charge in [0.2, 0.25) is 0 Å². The average molecular weight is 606 g/mol. The third kappa shape index (κ3) is 5.43. The maximum atomic E-state index is 13.2. The van der Waals surface area contributed by atoms with Gasteiger partial charge in [-0.2, -0.15) is 18.3 Å². The molecule has 0 aliphatic carbocycles. The zero-order valence-corrected chi connectivity index (χ0v) is 24.7. The van der Waals surface area contributed by atoms with E-state index in [2.05, 4.69) is 6.92 Å². The van der Waals surface area contributed by atoms with Crippen LogP contribution < -0.4 is 4.74 Å². The van der Waals surface area contributed by atoms with Gasteiger partial charge in [0.25, 0.3) is 0 Å². The van der Waals surface area contributed by atoms with E-state index in [-0.39, 0.29) is 12.3 Å². The molecule has 3 aromatic carbocycles. The second-order valence-electron chi connectivity index (χ2n) is 11.1. The van der Waals surface area contributed by atoms with Gasteiger partial charge in [-0.1, -0.05) is 43.3 Å². The van der Waals surface area contributed by atoms with E-state index in [4.69, 9.17) is 14.6 Å². The molecule has 0 saturated heterocycles. The second kappa shape index (κ2) is 12.0. The predicted molar refractivity (Wildman–Crippen MR) is 162 cm³/mol. The van der Waals surface area contributed by atoms with Gasteiger partial charge in [-0.05, 0) is 61.3 Å². The van der Waals surface area contributed by atoms with Crippen molar-refractivity contribution in [3.05, 3.63) is 82.8 Å². The molecule has 1 aliphatic heterocycles. The normalized spacial score (nSPS) is 14.0. The van der Waals surface area contributed by atoms with Crippen molar-refractivity contribution in [2.75, 3.05) is 13.2 Å². The molecule has 0 unspecified atom stereocenters. The number of hydrogen-bond donors (Lipinski definition) is 1. The first-order valence-corrected chi connectivity index (χ1v) is 14.9. The standard InChI is InChI=1S/C34H34F3N3O4/c1-3-27-30-26-11-7-10-24-25(12-8-18-44-29-13-6-9-21-19-22(34(35,36)37)14-15-23(21)29)32(33(41)42)40(31(24)26)16-4-5-17-43-20-28(30)39(2)38-27/h6-7,9-11,13-15,19H,3-5,8,12,16-18,20H2,1-2H3,(H,41,42). The minimum absolute atomic E-state index is 0.273. The van der Waals surface area contributed by atoms with Crippen LogP contribution in [0.5, 0.6) is 5.75 Å². The summed E-state index contributed by atoms with van der Waals surface area (Å²) >= 11 is 0. The van der Waals surface area contributed by atoms with Crippen LogP contribution in [0.1, 0.15) is 59.2 Å². The minimum Gasteiger partial charge on any atom is -0.493 e. The van der Waals surface area contributed by atoms with Gasteiger partial charge in [0, 0.05) is 42.1 Å². The maximum Gasteiger partial charge on any atom is 0.416 e. The number of alkyl halides is 3. The van der Waals surface area contributed by atoms with E-state index in [1.807, 2.05) is 34.5 Å². The highest BCUT2D eigenvalue weighted by atomic mass is 19.4. The molecule has 0 spiro atoms. The summed E-state index contributed by atoms with van der Waals surface area (Å²) in [5.41, 5.74) is 5.07. The lowest BCUT2D eigenvalue weighted by atomic mass is 9.97. The molecule has 5 aromatic rings. The largest absolute Gasteiger partial charge is 0.493 e. The fourth-order valence-electron chi connectivity index (χ4n) is 6.38. The monoisotopic (exact) mass is 605 g/mol. The summed E-state index contributed by atoms with van der Waals surface area (Å²) < 4.78 is 55.5. The zero-order valence-electron chi connectivity index (χ0n) is 24.7. The van der Waals surface area contributed by atoms with E-state index in [9.17, 15) is 23.1 Å². The molecular weight excluding hydrogens is 571 g/mol. The summed E-state index contributed by atoms with van der Waals surface area (Å²) in [5, 5.41) is 17.2. The number of rotatable bonds is 7. The average Bonchev–Trinajstić information content (AvgIpc) is 3.48. The van der Waals surface area contributed by atoms with Gasteiger partial charge in [0.15, 0.2) is 0 Å². The Labute approximate surface area is 252 Å². The Bertz CT molecular complexity index is 1850. The molecule has 230 valence electrons. The third-order valence-corrected chi connectivity index (χ3v) is 8.39. The van der Waals surface area contributed by atoms with Crippen molar-refractivity contribution in [3.63, 3.8) is 0 Å². The van der Waals surface area contributed by atoms with Crippen LogP contribution in [0.4, 0.5) is 13.2 Å². The Balaban J connectivity index is 1.35. The summed E-state index contributed by atoms with van der Waals surface area (Å²) in [7, 11) is 1.92. The number of fused-ring (bicyclic) bond motifs is 3. The molecule has 3 heterocycles. The van der Waals surface area contributed by atoms with Crippen LogP contribution in [-0.2, 0) is 44.0 Å². The van der Waals surface area contributed by atoms with Crippen molar-refractivity contribution in [2.45, 2.75) is 58.4 Å². The van der Waals surface area contributed by atoms with Gasteiger partial charge < -0.3 is 19.1 Å². The molecule has 10 heteroatoms. The number of aromatic nitrogens is 3. The van der Waals surface area contributed by atoms with Gasteiger partial charge in [-0.3, -0.25) is 4.68 Å². The summed E-state index contributed by atoms with van der Waals surface area (Å²) in [6.07, 6.45) is -1.15. The number of benzene rings is 3. The van der Waals surface area contributed by atoms with E-state index in [0.29, 0.717) is 49.1 Å². The fraction of sp³-hybridized carbons (Fsp3) is 0.353. The predicted octanol–water partition coefficient (Wildman–Crippen LogP) is 7.80. The van der Waals surface area contributed by atoms with Gasteiger partial charge in [-0.15, -0.1) is 0 Å². The molecule has 1 aliphatic rings. The first kappa shape index (κ1) is 29.7. The van der Waals surface area contributed by atoms with E-state index < -0.39 is 17.7 Å². The fourth-order valence-corrected chi connectivity index (χ4v) is 6.38. The lowest BCUT2D eigenvalue weighted by Gasteiger charge is -2.12. The van der Waals surface area contributed by atoms with E-state index >= 15 is 0 Å². The van der Waals surface area contributed by atoms with Crippen LogP contribution in [0.15, 0.2) is 54.6 Å². The lowest BCUT2D eigenvalue weighted by molar-refractivity contribution is -0.137. The Kier molecular flexibility index (Phi) is 8.11. The second-order valence-corrected chi connectivity index (χ2v) is 11.1. The molecule has 7 nitrogen and oxygen atoms in total. The van der Waals surface area contributed by atoms with Crippen LogP contribution in [0, 0.1) is 0 Å². The zero-order chi connectivity index (χ0) is 31.0. The summed E-state index contributed by atoms with van der Waals surface area (Å²) in [6, 6.07) is 14.6. The van der Waals surface area contributed by atoms with Crippen LogP contribution in [0.2, 0.25) is 0 Å². The number of carbonyl (C=O) groups is 1. The number of carboxylic acids is 1. The molecule has 0 fully saturated rings. The van der Waals surface area contributed by atoms with Crippen molar-refractivity contribution in [1.29, 1.82) is 0 Å². The van der Waals surface area contributed by atoms with Crippen molar-refractivity contribution >= 4 is 27.6 Å². The summed E-state index contributed by atoms with van der Waals surface area (Å²) in [6.45, 7) is 3.88. The SMILES string of the molecule is CCc1nn(C)c2c1-c1cccc3c(CCCOc4cccc5cc(C(F)(F)F)ccc45)c(C(=O)O)n(c13)CCCCOC2. The van der Waals surface area contributed by atoms with Gasteiger partial charge in [0.1, 0.15) is 11.4 Å². The Morgan fingerprint density at radius 3 is 2.68 bits per heavy atom. The van der Waals surface area contributed by atoms with E-state index in [1.165, 1.54) is 6.07 Å². The van der Waals surface area contributed by atoms with E-state index in [0.717, 1.165) is 70.4 Å². The number of para-hydroxylation sites is 1. The highest BCUT2D eigenvalue weighted by Gasteiger charge is 2.31. The first-order valence-electron chi connectivity index (χ1n) is 14.9. The molecular formula is C34H34F3N3O4. The number of aryl methyl sites for hydroxylation is 4. The molecule has 1 N–H and O–H groups in total. The van der Waals surface area contributed by atoms with Gasteiger partial charge in [-0.25, -0.2) is 4.79 Å². The quantitative estimate of drug-likeness (QED) is 0.192. The number of nitrogens with zero attached hydrogens (tertiary/aromatic N) is 3. The summed E-state index contributed by atoms with van der Waals surface area (Å²) in [5.74, 6) is -0.488. The molecule has 44 heavy (non-hydrogen) atoms. The minimum atomic E-state index is -4.42. The van der Waals surface area contributed by atoms with Crippen LogP contribution in [0.25, 0.3) is 32.8 Å². The number of ether oxygens (including phenoxy) is 2. The molecule has 0 saturated carbocycles. The third-order valence-electron chi connectivity index (χ3n) is 8.39. The maximum absolute atomic E-state index is 13.2.